The highest BCUT2D eigenvalue weighted by molar-refractivity contribution is 8.00. The Kier molecular flexibility index (Phi) is 6.09. The molecule has 0 N–H and O–H groups in total. The van der Waals surface area contributed by atoms with Gasteiger partial charge in [0.25, 0.3) is 5.91 Å². The van der Waals surface area contributed by atoms with Gasteiger partial charge < -0.3 is 14.5 Å². The highest BCUT2D eigenvalue weighted by Crippen LogP contribution is 2.33. The van der Waals surface area contributed by atoms with Gasteiger partial charge >= 0.3 is 0 Å². The molecule has 1 unspecified atom stereocenters. The fourth-order valence-electron chi connectivity index (χ4n) is 3.77. The monoisotopic (exact) mass is 418 g/mol. The van der Waals surface area contributed by atoms with Gasteiger partial charge in [0, 0.05) is 48.1 Å². The molecule has 2 heterocycles. The van der Waals surface area contributed by atoms with Crippen molar-refractivity contribution in [2.75, 3.05) is 38.5 Å². The Labute approximate surface area is 173 Å². The van der Waals surface area contributed by atoms with Gasteiger partial charge in [-0.3, -0.25) is 9.59 Å². The minimum Gasteiger partial charge on any atom is -0.368 e. The van der Waals surface area contributed by atoms with Gasteiger partial charge in [0.1, 0.15) is 6.10 Å². The van der Waals surface area contributed by atoms with Gasteiger partial charge in [0.15, 0.2) is 0 Å². The van der Waals surface area contributed by atoms with Crippen LogP contribution in [0, 0.1) is 0 Å². The summed E-state index contributed by atoms with van der Waals surface area (Å²) in [6.07, 6.45) is 1.47. The van der Waals surface area contributed by atoms with E-state index >= 15 is 0 Å². The molecule has 2 fully saturated rings. The van der Waals surface area contributed by atoms with Crippen molar-refractivity contribution in [1.82, 2.24) is 9.80 Å². The molecular weight excluding hydrogens is 396 g/mol. The first-order chi connectivity index (χ1) is 13.6. The van der Waals surface area contributed by atoms with Gasteiger partial charge in [0.2, 0.25) is 5.91 Å². The molecule has 28 heavy (non-hydrogen) atoms. The highest BCUT2D eigenvalue weighted by atomic mass is 35.5. The highest BCUT2D eigenvalue weighted by Gasteiger charge is 2.31. The zero-order valence-electron chi connectivity index (χ0n) is 15.6. The van der Waals surface area contributed by atoms with E-state index in [2.05, 4.69) is 0 Å². The van der Waals surface area contributed by atoms with Crippen LogP contribution in [0.2, 0.25) is 5.02 Å². The number of hydrogen-bond donors (Lipinski definition) is 0. The zero-order valence-corrected chi connectivity index (χ0v) is 17.2. The Morgan fingerprint density at radius 1 is 1.07 bits per heavy atom. The van der Waals surface area contributed by atoms with E-state index in [1.807, 2.05) is 46.2 Å². The van der Waals surface area contributed by atoms with Crippen LogP contribution < -0.4 is 0 Å². The van der Waals surface area contributed by atoms with Gasteiger partial charge in [-0.15, -0.1) is 11.8 Å². The predicted molar refractivity (Wildman–Crippen MR) is 112 cm³/mol. The maximum Gasteiger partial charge on any atom is 0.251 e. The number of nitrogens with zero attached hydrogens (tertiary/aromatic N) is 2. The second-order valence-corrected chi connectivity index (χ2v) is 8.51. The molecule has 2 aromatic carbocycles. The molecule has 0 spiro atoms. The third-order valence-electron chi connectivity index (χ3n) is 5.32. The summed E-state index contributed by atoms with van der Waals surface area (Å²) in [7, 11) is 0. The average molecular weight is 419 g/mol. The fraction of sp³-hybridized carbons (Fsp3) is 0.429. The molecule has 1 atom stereocenters. The zero-order chi connectivity index (χ0) is 19.5. The van der Waals surface area contributed by atoms with Gasteiger partial charge in [-0.05, 0) is 30.4 Å². The van der Waals surface area contributed by atoms with Crippen molar-refractivity contribution < 1.29 is 14.3 Å². The van der Waals surface area contributed by atoms with Crippen LogP contribution in [0.5, 0.6) is 0 Å². The third kappa shape index (κ3) is 4.14. The Balaban J connectivity index is 1.32. The number of ether oxygens (including phenoxy) is 1. The van der Waals surface area contributed by atoms with E-state index in [0.29, 0.717) is 43.6 Å². The number of halogens is 1. The molecule has 148 valence electrons. The lowest BCUT2D eigenvalue weighted by Gasteiger charge is -2.35. The van der Waals surface area contributed by atoms with E-state index in [9.17, 15) is 9.59 Å². The van der Waals surface area contributed by atoms with E-state index in [1.165, 1.54) is 11.8 Å². The molecule has 0 aromatic heterocycles. The molecule has 2 aromatic rings. The number of piperazine rings is 1. The minimum atomic E-state index is -0.283. The molecule has 2 aliphatic heterocycles. The SMILES string of the molecule is O=C(CSc1cccc2cccc(Cl)c12)N1CCN(C(=O)C2CCCO2)CC1. The molecule has 5 nitrogen and oxygen atoms in total. The van der Waals surface area contributed by atoms with E-state index in [0.717, 1.165) is 28.5 Å². The van der Waals surface area contributed by atoms with E-state index in [4.69, 9.17) is 16.3 Å². The Bertz CT molecular complexity index is 872. The van der Waals surface area contributed by atoms with E-state index in [1.54, 1.807) is 0 Å². The molecule has 2 amide bonds. The number of thioether (sulfide) groups is 1. The van der Waals surface area contributed by atoms with E-state index in [-0.39, 0.29) is 17.9 Å². The Morgan fingerprint density at radius 2 is 1.79 bits per heavy atom. The molecule has 7 heteroatoms. The number of amides is 2. The summed E-state index contributed by atoms with van der Waals surface area (Å²) >= 11 is 7.89. The summed E-state index contributed by atoms with van der Waals surface area (Å²) in [6, 6.07) is 11.8. The molecule has 0 radical (unpaired) electrons. The number of fused-ring (bicyclic) bond motifs is 1. The summed E-state index contributed by atoms with van der Waals surface area (Å²) < 4.78 is 5.49. The van der Waals surface area contributed by atoms with Crippen molar-refractivity contribution in [2.24, 2.45) is 0 Å². The maximum absolute atomic E-state index is 12.7. The summed E-state index contributed by atoms with van der Waals surface area (Å²) in [5, 5.41) is 2.77. The van der Waals surface area contributed by atoms with Crippen LogP contribution in [0.25, 0.3) is 10.8 Å². The number of rotatable bonds is 4. The summed E-state index contributed by atoms with van der Waals surface area (Å²) in [5.41, 5.74) is 0. The van der Waals surface area contributed by atoms with Crippen molar-refractivity contribution in [2.45, 2.75) is 23.8 Å². The molecule has 0 bridgehead atoms. The number of benzene rings is 2. The van der Waals surface area contributed by atoms with Crippen molar-refractivity contribution in [3.8, 4) is 0 Å². The summed E-state index contributed by atoms with van der Waals surface area (Å²) in [4.78, 5) is 29.8. The van der Waals surface area contributed by atoms with Crippen LogP contribution >= 0.6 is 23.4 Å². The first-order valence-electron chi connectivity index (χ1n) is 9.62. The van der Waals surface area contributed by atoms with E-state index < -0.39 is 0 Å². The molecule has 0 aliphatic carbocycles. The topological polar surface area (TPSA) is 49.9 Å². The summed E-state index contributed by atoms with van der Waals surface area (Å²) in [6.45, 7) is 2.98. The van der Waals surface area contributed by atoms with Gasteiger partial charge in [-0.1, -0.05) is 35.9 Å². The van der Waals surface area contributed by atoms with Crippen molar-refractivity contribution >= 4 is 45.9 Å². The van der Waals surface area contributed by atoms with Crippen LogP contribution in [-0.4, -0.2) is 66.3 Å². The van der Waals surface area contributed by atoms with Crippen LogP contribution in [-0.2, 0) is 14.3 Å². The minimum absolute atomic E-state index is 0.0735. The molecule has 4 rings (SSSR count). The lowest BCUT2D eigenvalue weighted by atomic mass is 10.1. The van der Waals surface area contributed by atoms with Gasteiger partial charge in [-0.2, -0.15) is 0 Å². The second-order valence-electron chi connectivity index (χ2n) is 7.09. The number of carbonyl (C=O) groups is 2. The van der Waals surface area contributed by atoms with Crippen LogP contribution in [0.4, 0.5) is 0 Å². The van der Waals surface area contributed by atoms with Crippen molar-refractivity contribution in [3.63, 3.8) is 0 Å². The molecular formula is C21H23ClN2O3S. The first-order valence-corrected chi connectivity index (χ1v) is 11.0. The Morgan fingerprint density at radius 3 is 2.50 bits per heavy atom. The Hall–Kier alpha value is -1.76. The normalized spacial score (nSPS) is 20.0. The van der Waals surface area contributed by atoms with Crippen molar-refractivity contribution in [1.29, 1.82) is 0 Å². The standard InChI is InChI=1S/C21H23ClN2O3S/c22-16-6-1-4-15-5-2-8-18(20(15)16)28-14-19(25)23-9-11-24(12-10-23)21(26)17-7-3-13-27-17/h1-2,4-6,8,17H,3,7,9-14H2. The predicted octanol–water partition coefficient (Wildman–Crippen LogP) is 3.44. The van der Waals surface area contributed by atoms with Crippen molar-refractivity contribution in [3.05, 3.63) is 41.4 Å². The molecule has 2 aliphatic rings. The van der Waals surface area contributed by atoms with Crippen LogP contribution in [0.3, 0.4) is 0 Å². The van der Waals surface area contributed by atoms with Crippen LogP contribution in [0.1, 0.15) is 12.8 Å². The molecule has 0 saturated carbocycles. The van der Waals surface area contributed by atoms with Gasteiger partial charge in [-0.25, -0.2) is 0 Å². The lowest BCUT2D eigenvalue weighted by molar-refractivity contribution is -0.145. The third-order valence-corrected chi connectivity index (χ3v) is 6.67. The largest absolute Gasteiger partial charge is 0.368 e. The fourth-order valence-corrected chi connectivity index (χ4v) is 5.11. The number of hydrogen-bond acceptors (Lipinski definition) is 4. The quantitative estimate of drug-likeness (QED) is 0.714. The number of carbonyl (C=O) groups excluding carboxylic acids is 2. The lowest BCUT2D eigenvalue weighted by Crippen LogP contribution is -2.53. The first kappa shape index (κ1) is 19.6. The second kappa shape index (κ2) is 8.72. The van der Waals surface area contributed by atoms with Gasteiger partial charge in [0.05, 0.1) is 5.75 Å². The average Bonchev–Trinajstić information content (AvgIpc) is 3.26. The molecule has 2 saturated heterocycles. The summed E-state index contributed by atoms with van der Waals surface area (Å²) in [5.74, 6) is 0.534. The maximum atomic E-state index is 12.7. The smallest absolute Gasteiger partial charge is 0.251 e. The van der Waals surface area contributed by atoms with Crippen LogP contribution in [0.15, 0.2) is 41.3 Å².